The van der Waals surface area contributed by atoms with Crippen LogP contribution in [0.4, 0.5) is 5.69 Å². The predicted molar refractivity (Wildman–Crippen MR) is 148 cm³/mol. The number of halogens is 1. The Balaban J connectivity index is 2.24. The largest absolute Gasteiger partial charge is 0.495 e. The number of sulfonamides is 1. The molecule has 2 aromatic carbocycles. The summed E-state index contributed by atoms with van der Waals surface area (Å²) >= 11 is 6.02. The molecular formula is C27H38ClN3O5S. The number of anilines is 1. The summed E-state index contributed by atoms with van der Waals surface area (Å²) in [4.78, 5) is 28.1. The van der Waals surface area contributed by atoms with E-state index in [9.17, 15) is 18.0 Å². The molecule has 0 heterocycles. The Morgan fingerprint density at radius 2 is 1.70 bits per heavy atom. The normalized spacial score (nSPS) is 12.9. The van der Waals surface area contributed by atoms with Crippen LogP contribution in [0.2, 0.25) is 5.02 Å². The fraction of sp³-hybridized carbons (Fsp3) is 0.481. The van der Waals surface area contributed by atoms with E-state index < -0.39 is 16.1 Å². The molecule has 2 atom stereocenters. The lowest BCUT2D eigenvalue weighted by molar-refractivity contribution is -0.141. The van der Waals surface area contributed by atoms with E-state index in [1.807, 2.05) is 32.9 Å². The summed E-state index contributed by atoms with van der Waals surface area (Å²) in [6, 6.07) is 13.3. The van der Waals surface area contributed by atoms with Gasteiger partial charge in [-0.1, -0.05) is 49.7 Å². The SMILES string of the molecule is CC[C@@H](C)NC(=O)[C@@H](CC)N(Cc1ccc(Cl)cc1)C(=O)CCCN(c1ccccc1OC)S(C)(=O)=O. The van der Waals surface area contributed by atoms with Gasteiger partial charge in [-0.25, -0.2) is 8.42 Å². The lowest BCUT2D eigenvalue weighted by Crippen LogP contribution is -2.50. The molecule has 0 saturated heterocycles. The Morgan fingerprint density at radius 1 is 1.05 bits per heavy atom. The summed E-state index contributed by atoms with van der Waals surface area (Å²) in [5.74, 6) is -0.00287. The van der Waals surface area contributed by atoms with E-state index in [-0.39, 0.29) is 43.8 Å². The number of methoxy groups -OCH3 is 1. The standard InChI is InChI=1S/C27H38ClN3O5S/c1-6-20(3)29-27(33)23(7-2)30(19-21-14-16-22(28)17-15-21)26(32)13-10-18-31(37(5,34)35)24-11-8-9-12-25(24)36-4/h8-9,11-12,14-17,20,23H,6-7,10,13,18-19H2,1-5H3,(H,29,33)/t20-,23-/m1/s1. The molecule has 0 spiro atoms. The Labute approximate surface area is 226 Å². The number of hydrogen-bond acceptors (Lipinski definition) is 5. The minimum atomic E-state index is -3.62. The number of nitrogens with one attached hydrogen (secondary N) is 1. The summed E-state index contributed by atoms with van der Waals surface area (Å²) in [5, 5.41) is 3.57. The van der Waals surface area contributed by atoms with Crippen LogP contribution in [0.3, 0.4) is 0 Å². The Kier molecular flexibility index (Phi) is 11.7. The molecule has 0 fully saturated rings. The third kappa shape index (κ3) is 8.93. The van der Waals surface area contributed by atoms with Crippen molar-refractivity contribution in [3.63, 3.8) is 0 Å². The van der Waals surface area contributed by atoms with Gasteiger partial charge in [0.25, 0.3) is 0 Å². The average Bonchev–Trinajstić information content (AvgIpc) is 2.86. The third-order valence-electron chi connectivity index (χ3n) is 6.16. The summed E-state index contributed by atoms with van der Waals surface area (Å²) in [6.45, 7) is 6.11. The fourth-order valence-corrected chi connectivity index (χ4v) is 5.06. The van der Waals surface area contributed by atoms with Crippen LogP contribution in [0.5, 0.6) is 5.75 Å². The molecule has 0 unspecified atom stereocenters. The molecule has 8 nitrogen and oxygen atoms in total. The third-order valence-corrected chi connectivity index (χ3v) is 7.59. The molecule has 0 aliphatic rings. The first-order chi connectivity index (χ1) is 17.5. The summed E-state index contributed by atoms with van der Waals surface area (Å²) in [6.07, 6.45) is 2.68. The van der Waals surface area contributed by atoms with Crippen LogP contribution in [0.25, 0.3) is 0 Å². The van der Waals surface area contributed by atoms with Crippen LogP contribution in [0, 0.1) is 0 Å². The molecule has 2 rings (SSSR count). The molecule has 1 N–H and O–H groups in total. The monoisotopic (exact) mass is 551 g/mol. The zero-order valence-electron chi connectivity index (χ0n) is 22.2. The fourth-order valence-electron chi connectivity index (χ4n) is 3.97. The molecule has 10 heteroatoms. The van der Waals surface area contributed by atoms with Crippen molar-refractivity contribution in [3.8, 4) is 5.75 Å². The number of para-hydroxylation sites is 2. The predicted octanol–water partition coefficient (Wildman–Crippen LogP) is 4.62. The van der Waals surface area contributed by atoms with Crippen molar-refractivity contribution in [2.45, 2.75) is 65.1 Å². The number of ether oxygens (including phenoxy) is 1. The quantitative estimate of drug-likeness (QED) is 0.370. The van der Waals surface area contributed by atoms with Crippen LogP contribution < -0.4 is 14.4 Å². The summed E-state index contributed by atoms with van der Waals surface area (Å²) in [5.41, 5.74) is 1.26. The summed E-state index contributed by atoms with van der Waals surface area (Å²) in [7, 11) is -2.14. The highest BCUT2D eigenvalue weighted by molar-refractivity contribution is 7.92. The second-order valence-corrected chi connectivity index (χ2v) is 11.3. The van der Waals surface area contributed by atoms with Crippen LogP contribution >= 0.6 is 11.6 Å². The second kappa shape index (κ2) is 14.2. The van der Waals surface area contributed by atoms with Gasteiger partial charge in [0.2, 0.25) is 21.8 Å². The van der Waals surface area contributed by atoms with Crippen LogP contribution in [-0.2, 0) is 26.2 Å². The second-order valence-electron chi connectivity index (χ2n) is 9.00. The van der Waals surface area contributed by atoms with E-state index in [0.29, 0.717) is 22.9 Å². The van der Waals surface area contributed by atoms with Crippen molar-refractivity contribution >= 4 is 39.1 Å². The first kappa shape index (κ1) is 30.4. The molecule has 2 aromatic rings. The van der Waals surface area contributed by atoms with E-state index >= 15 is 0 Å². The van der Waals surface area contributed by atoms with Crippen LogP contribution in [0.15, 0.2) is 48.5 Å². The molecule has 204 valence electrons. The topological polar surface area (TPSA) is 96.0 Å². The van der Waals surface area contributed by atoms with Crippen molar-refractivity contribution < 1.29 is 22.7 Å². The molecule has 37 heavy (non-hydrogen) atoms. The lowest BCUT2D eigenvalue weighted by atomic mass is 10.1. The van der Waals surface area contributed by atoms with Gasteiger partial charge in [-0.3, -0.25) is 13.9 Å². The maximum absolute atomic E-state index is 13.5. The van der Waals surface area contributed by atoms with E-state index in [2.05, 4.69) is 5.32 Å². The highest BCUT2D eigenvalue weighted by Crippen LogP contribution is 2.30. The average molecular weight is 552 g/mol. The van der Waals surface area contributed by atoms with E-state index in [1.165, 1.54) is 11.4 Å². The number of benzene rings is 2. The van der Waals surface area contributed by atoms with Gasteiger partial charge >= 0.3 is 0 Å². The molecule has 0 aliphatic heterocycles. The van der Waals surface area contributed by atoms with Crippen molar-refractivity contribution in [3.05, 3.63) is 59.1 Å². The van der Waals surface area contributed by atoms with E-state index in [0.717, 1.165) is 18.2 Å². The van der Waals surface area contributed by atoms with Crippen LogP contribution in [-0.4, -0.2) is 57.1 Å². The molecule has 0 aromatic heterocycles. The number of nitrogens with zero attached hydrogens (tertiary/aromatic N) is 2. The smallest absolute Gasteiger partial charge is 0.243 e. The van der Waals surface area contributed by atoms with Gasteiger partial charge in [-0.15, -0.1) is 0 Å². The highest BCUT2D eigenvalue weighted by Gasteiger charge is 2.29. The Bertz CT molecular complexity index is 1140. The first-order valence-electron chi connectivity index (χ1n) is 12.5. The van der Waals surface area contributed by atoms with Crippen molar-refractivity contribution in [1.29, 1.82) is 0 Å². The zero-order valence-corrected chi connectivity index (χ0v) is 23.8. The molecule has 0 bridgehead atoms. The number of amides is 2. The van der Waals surface area contributed by atoms with Gasteiger partial charge in [0.15, 0.2) is 0 Å². The van der Waals surface area contributed by atoms with E-state index in [4.69, 9.17) is 16.3 Å². The number of carbonyl (C=O) groups is 2. The zero-order chi connectivity index (χ0) is 27.6. The van der Waals surface area contributed by atoms with E-state index in [1.54, 1.807) is 41.3 Å². The first-order valence-corrected chi connectivity index (χ1v) is 14.7. The number of rotatable bonds is 14. The maximum Gasteiger partial charge on any atom is 0.243 e. The Hall–Kier alpha value is -2.78. The molecule has 0 radical (unpaired) electrons. The van der Waals surface area contributed by atoms with Gasteiger partial charge in [0, 0.05) is 30.6 Å². The molecule has 0 saturated carbocycles. The minimum absolute atomic E-state index is 0.0156. The molecule has 0 aliphatic carbocycles. The number of hydrogen-bond donors (Lipinski definition) is 1. The molecular weight excluding hydrogens is 514 g/mol. The lowest BCUT2D eigenvalue weighted by Gasteiger charge is -2.32. The van der Waals surface area contributed by atoms with Gasteiger partial charge in [0.05, 0.1) is 19.1 Å². The highest BCUT2D eigenvalue weighted by atomic mass is 35.5. The van der Waals surface area contributed by atoms with Crippen molar-refractivity contribution in [2.75, 3.05) is 24.2 Å². The minimum Gasteiger partial charge on any atom is -0.495 e. The Morgan fingerprint density at radius 3 is 2.27 bits per heavy atom. The number of carbonyl (C=O) groups excluding carboxylic acids is 2. The summed E-state index contributed by atoms with van der Waals surface area (Å²) < 4.78 is 31.7. The van der Waals surface area contributed by atoms with Crippen molar-refractivity contribution in [1.82, 2.24) is 10.2 Å². The van der Waals surface area contributed by atoms with Gasteiger partial charge in [-0.05, 0) is 56.0 Å². The van der Waals surface area contributed by atoms with Gasteiger partial charge in [-0.2, -0.15) is 0 Å². The van der Waals surface area contributed by atoms with Gasteiger partial charge < -0.3 is 15.0 Å². The maximum atomic E-state index is 13.5. The van der Waals surface area contributed by atoms with Crippen LogP contribution in [0.1, 0.15) is 52.0 Å². The van der Waals surface area contributed by atoms with Gasteiger partial charge in [0.1, 0.15) is 11.8 Å². The molecule has 2 amide bonds. The van der Waals surface area contributed by atoms with Crippen molar-refractivity contribution in [2.24, 2.45) is 0 Å².